The number of likely N-dealkylation sites (N-methyl/N-ethyl adjacent to an activating group) is 1. The molecule has 0 spiro atoms. The second kappa shape index (κ2) is 11.7. The Morgan fingerprint density at radius 3 is 2.83 bits per heavy atom. The summed E-state index contributed by atoms with van der Waals surface area (Å²) in [7, 11) is 2.13. The summed E-state index contributed by atoms with van der Waals surface area (Å²) in [5, 5.41) is 1.40. The number of benzene rings is 2. The van der Waals surface area contributed by atoms with Crippen LogP contribution >= 0.6 is 11.6 Å². The molecule has 2 aliphatic heterocycles. The van der Waals surface area contributed by atoms with Crippen molar-refractivity contribution in [3.05, 3.63) is 64.5 Å². The van der Waals surface area contributed by atoms with Gasteiger partial charge in [0.2, 0.25) is 12.5 Å². The summed E-state index contributed by atoms with van der Waals surface area (Å²) in [6, 6.07) is 8.90. The van der Waals surface area contributed by atoms with E-state index in [1.807, 2.05) is 6.07 Å². The van der Waals surface area contributed by atoms with Gasteiger partial charge < -0.3 is 29.0 Å². The molecule has 0 N–H and O–H groups in total. The Hall–Kier alpha value is -3.87. The van der Waals surface area contributed by atoms with Crippen LogP contribution in [0.3, 0.4) is 0 Å². The number of carbonyl (C=O) groups is 1. The van der Waals surface area contributed by atoms with Crippen molar-refractivity contribution in [1.82, 2.24) is 19.8 Å². The summed E-state index contributed by atoms with van der Waals surface area (Å²) >= 11 is 7.28. The van der Waals surface area contributed by atoms with Crippen molar-refractivity contribution in [1.29, 1.82) is 0 Å². The van der Waals surface area contributed by atoms with Crippen LogP contribution in [0.2, 0.25) is 5.02 Å². The van der Waals surface area contributed by atoms with Crippen LogP contribution in [-0.2, 0) is 11.2 Å². The molecule has 3 aliphatic carbocycles. The number of hydrogen-bond acceptors (Lipinski definition) is 7. The Morgan fingerprint density at radius 2 is 2.07 bits per heavy atom. The lowest BCUT2D eigenvalue weighted by atomic mass is 9.93. The molecular formula is C36H39ClN6O3. The first-order valence-corrected chi connectivity index (χ1v) is 17.0. The van der Waals surface area contributed by atoms with Gasteiger partial charge in [-0.3, -0.25) is 4.79 Å². The fraction of sp³-hybridized carbons (Fsp3) is 0.500. The maximum absolute atomic E-state index is 12.7. The van der Waals surface area contributed by atoms with Gasteiger partial charge in [-0.25, -0.2) is 6.57 Å². The van der Waals surface area contributed by atoms with Crippen molar-refractivity contribution in [2.75, 3.05) is 51.3 Å². The Balaban J connectivity index is 1.27. The average molecular weight is 639 g/mol. The number of carbonyl (C=O) groups excluding carboxylic acids is 1. The monoisotopic (exact) mass is 638 g/mol. The van der Waals surface area contributed by atoms with Crippen molar-refractivity contribution < 1.29 is 14.3 Å². The molecule has 5 aliphatic rings. The number of nitrogens with zero attached hydrogens (tertiary/aromatic N) is 6. The van der Waals surface area contributed by atoms with Gasteiger partial charge >= 0.3 is 6.01 Å². The lowest BCUT2D eigenvalue weighted by Gasteiger charge is -2.39. The molecule has 238 valence electrons. The van der Waals surface area contributed by atoms with Crippen molar-refractivity contribution in [3.8, 4) is 22.9 Å². The quantitative estimate of drug-likeness (QED) is 0.218. The lowest BCUT2D eigenvalue weighted by molar-refractivity contribution is -0.128. The van der Waals surface area contributed by atoms with E-state index in [4.69, 9.17) is 37.6 Å². The van der Waals surface area contributed by atoms with Gasteiger partial charge in [0.25, 0.3) is 0 Å². The van der Waals surface area contributed by atoms with Crippen LogP contribution in [0.5, 0.6) is 11.8 Å². The molecule has 2 saturated carbocycles. The van der Waals surface area contributed by atoms with Crippen LogP contribution in [-0.4, -0.2) is 90.2 Å². The van der Waals surface area contributed by atoms with E-state index < -0.39 is 0 Å². The summed E-state index contributed by atoms with van der Waals surface area (Å²) in [5.41, 5.74) is 5.56. The molecule has 1 aromatic heterocycles. The zero-order chi connectivity index (χ0) is 31.5. The van der Waals surface area contributed by atoms with E-state index in [0.29, 0.717) is 66.3 Å². The Morgan fingerprint density at radius 1 is 1.20 bits per heavy atom. The van der Waals surface area contributed by atoms with Crippen molar-refractivity contribution >= 4 is 34.2 Å². The molecule has 10 heteroatoms. The molecule has 46 heavy (non-hydrogen) atoms. The molecule has 3 aromatic rings. The Kier molecular flexibility index (Phi) is 7.53. The molecule has 1 amide bonds. The lowest BCUT2D eigenvalue weighted by Crippen LogP contribution is -2.56. The first kappa shape index (κ1) is 29.5. The number of likely N-dealkylation sites (tertiary alicyclic amines) is 1. The second-order valence-electron chi connectivity index (χ2n) is 13.5. The highest BCUT2D eigenvalue weighted by molar-refractivity contribution is 6.35. The third-order valence-electron chi connectivity index (χ3n) is 10.6. The first-order valence-electron chi connectivity index (χ1n) is 16.6. The van der Waals surface area contributed by atoms with Gasteiger partial charge in [-0.1, -0.05) is 36.4 Å². The highest BCUT2D eigenvalue weighted by atomic mass is 35.5. The molecule has 3 heterocycles. The number of anilines is 1. The molecule has 8 rings (SSSR count). The van der Waals surface area contributed by atoms with E-state index in [2.05, 4.69) is 46.5 Å². The first-order chi connectivity index (χ1) is 22.4. The predicted molar refractivity (Wildman–Crippen MR) is 179 cm³/mol. The van der Waals surface area contributed by atoms with Crippen molar-refractivity contribution in [2.24, 2.45) is 5.92 Å². The van der Waals surface area contributed by atoms with Gasteiger partial charge in [-0.15, -0.1) is 0 Å². The number of amides is 1. The molecule has 0 bridgehead atoms. The van der Waals surface area contributed by atoms with Crippen LogP contribution < -0.4 is 14.4 Å². The smallest absolute Gasteiger partial charge is 0.319 e. The van der Waals surface area contributed by atoms with E-state index in [9.17, 15) is 4.79 Å². The highest BCUT2D eigenvalue weighted by Gasteiger charge is 2.46. The van der Waals surface area contributed by atoms with Gasteiger partial charge in [-0.2, -0.15) is 9.97 Å². The summed E-state index contributed by atoms with van der Waals surface area (Å²) in [5.74, 6) is 2.63. The SMILES string of the molecule is [C-]#[N+]C[C@H]1CN(c2nc(OC[C@@H]3CCCN3C)nc3c(OC4CC4)c(-c4cccc5c4CC4CC54)c(Cl)cc23)CCN1C(=O)C=C. The summed E-state index contributed by atoms with van der Waals surface area (Å²) in [6.07, 6.45) is 8.01. The van der Waals surface area contributed by atoms with Crippen LogP contribution in [0.1, 0.15) is 49.1 Å². The topological polar surface area (TPSA) is 75.4 Å². The number of hydrogen-bond donors (Lipinski definition) is 0. The van der Waals surface area contributed by atoms with Crippen LogP contribution in [0.4, 0.5) is 5.82 Å². The highest BCUT2D eigenvalue weighted by Crippen LogP contribution is 2.59. The minimum Gasteiger partial charge on any atom is -0.487 e. The largest absolute Gasteiger partial charge is 0.487 e. The van der Waals surface area contributed by atoms with Gasteiger partial charge in [0, 0.05) is 36.6 Å². The third kappa shape index (κ3) is 5.26. The zero-order valence-corrected chi connectivity index (χ0v) is 27.0. The molecule has 4 fully saturated rings. The minimum absolute atomic E-state index is 0.122. The average Bonchev–Trinajstić information content (AvgIpc) is 3.97. The van der Waals surface area contributed by atoms with E-state index in [1.165, 1.54) is 23.6 Å². The van der Waals surface area contributed by atoms with E-state index in [1.54, 1.807) is 4.90 Å². The normalized spacial score (nSPS) is 25.2. The molecule has 4 atom stereocenters. The third-order valence-corrected chi connectivity index (χ3v) is 10.9. The number of aromatic nitrogens is 2. The number of ether oxygens (including phenoxy) is 2. The predicted octanol–water partition coefficient (Wildman–Crippen LogP) is 5.75. The Bertz CT molecular complexity index is 1770. The van der Waals surface area contributed by atoms with E-state index in [-0.39, 0.29) is 24.6 Å². The van der Waals surface area contributed by atoms with Gasteiger partial charge in [-0.05, 0) is 92.8 Å². The van der Waals surface area contributed by atoms with Crippen LogP contribution in [0.25, 0.3) is 26.9 Å². The minimum atomic E-state index is -0.298. The molecule has 9 nitrogen and oxygen atoms in total. The maximum Gasteiger partial charge on any atom is 0.319 e. The zero-order valence-electron chi connectivity index (χ0n) is 26.3. The van der Waals surface area contributed by atoms with Crippen LogP contribution in [0.15, 0.2) is 36.9 Å². The van der Waals surface area contributed by atoms with E-state index in [0.717, 1.165) is 61.1 Å². The number of fused-ring (bicyclic) bond motifs is 4. The summed E-state index contributed by atoms with van der Waals surface area (Å²) in [4.78, 5) is 32.6. The fourth-order valence-electron chi connectivity index (χ4n) is 7.80. The fourth-order valence-corrected chi connectivity index (χ4v) is 8.10. The molecule has 2 unspecified atom stereocenters. The maximum atomic E-state index is 12.7. The van der Waals surface area contributed by atoms with E-state index >= 15 is 0 Å². The van der Waals surface area contributed by atoms with Crippen molar-refractivity contribution in [3.63, 3.8) is 0 Å². The number of piperazine rings is 1. The second-order valence-corrected chi connectivity index (χ2v) is 14.0. The Labute approximate surface area is 274 Å². The van der Waals surface area contributed by atoms with Crippen molar-refractivity contribution in [2.45, 2.75) is 62.6 Å². The standard InChI is InChI=1S/C36H39ClN6O3/c1-4-31(44)43-14-13-42(19-23(43)18-38-2)35-29-17-30(37)32(26-9-5-8-25-27-15-21(27)16-28(25)26)34(46-24-10-11-24)33(29)39-36(40-35)45-20-22-7-6-12-41(22)3/h4-5,8-9,17,21-24,27H,1,6-7,10-16,18-20H2,3H3/t21?,22-,23-,27?/m0/s1. The van der Waals surface area contributed by atoms with Gasteiger partial charge in [0.05, 0.1) is 11.1 Å². The van der Waals surface area contributed by atoms with Crippen LogP contribution in [0, 0.1) is 12.5 Å². The van der Waals surface area contributed by atoms with Gasteiger partial charge in [0.1, 0.15) is 24.0 Å². The summed E-state index contributed by atoms with van der Waals surface area (Å²) < 4.78 is 13.1. The molecule has 2 aromatic carbocycles. The molecule has 2 saturated heterocycles. The number of rotatable bonds is 9. The molecule has 0 radical (unpaired) electrons. The number of halogens is 1. The van der Waals surface area contributed by atoms with Gasteiger partial charge in [0.15, 0.2) is 5.75 Å². The molecular weight excluding hydrogens is 600 g/mol. The summed E-state index contributed by atoms with van der Waals surface area (Å²) in [6.45, 7) is 14.4.